The van der Waals surface area contributed by atoms with Crippen molar-refractivity contribution in [2.45, 2.75) is 70.7 Å². The number of esters is 1. The molecule has 0 aromatic heterocycles. The number of carbonyl (C=O) groups excluding carboxylic acids is 1. The van der Waals surface area contributed by atoms with Gasteiger partial charge in [0.2, 0.25) is 0 Å². The molecule has 2 N–H and O–H groups in total. The maximum absolute atomic E-state index is 11.9. The van der Waals surface area contributed by atoms with Crippen molar-refractivity contribution in [1.29, 1.82) is 0 Å². The predicted molar refractivity (Wildman–Crippen MR) is 73.6 cm³/mol. The van der Waals surface area contributed by atoms with Crippen LogP contribution in [-0.4, -0.2) is 34.5 Å². The molecule has 1 aliphatic heterocycles. The molecular formula is C15H26O4. The van der Waals surface area contributed by atoms with Crippen LogP contribution >= 0.6 is 0 Å². The summed E-state index contributed by atoms with van der Waals surface area (Å²) in [4.78, 5) is 11.9. The van der Waals surface area contributed by atoms with E-state index in [9.17, 15) is 15.0 Å². The summed E-state index contributed by atoms with van der Waals surface area (Å²) in [5.41, 5.74) is 0. The van der Waals surface area contributed by atoms with Crippen molar-refractivity contribution in [3.05, 3.63) is 12.2 Å². The van der Waals surface area contributed by atoms with Crippen LogP contribution in [0.15, 0.2) is 12.2 Å². The number of cyclic esters (lactones) is 1. The number of carbonyl (C=O) groups is 1. The molecule has 0 saturated heterocycles. The third-order valence-corrected chi connectivity index (χ3v) is 3.64. The van der Waals surface area contributed by atoms with Crippen molar-refractivity contribution in [2.75, 3.05) is 0 Å². The van der Waals surface area contributed by atoms with Gasteiger partial charge in [-0.3, -0.25) is 4.79 Å². The normalized spacial score (nSPS) is 34.6. The minimum absolute atomic E-state index is 0.431. The Balaban J connectivity index is 2.67. The summed E-state index contributed by atoms with van der Waals surface area (Å²) >= 11 is 0. The number of aliphatic hydroxyl groups excluding tert-OH is 2. The molecule has 0 amide bonds. The minimum atomic E-state index is -0.806. The average Bonchev–Trinajstić information content (AvgIpc) is 2.40. The number of ether oxygens (including phenoxy) is 1. The largest absolute Gasteiger partial charge is 0.459 e. The predicted octanol–water partition coefficient (Wildman–Crippen LogP) is 2.19. The smallest absolute Gasteiger partial charge is 0.311 e. The highest BCUT2D eigenvalue weighted by Gasteiger charge is 2.28. The third-order valence-electron chi connectivity index (χ3n) is 3.64. The van der Waals surface area contributed by atoms with Gasteiger partial charge in [0.25, 0.3) is 0 Å². The van der Waals surface area contributed by atoms with E-state index in [2.05, 4.69) is 6.92 Å². The van der Waals surface area contributed by atoms with Gasteiger partial charge in [-0.1, -0.05) is 31.9 Å². The van der Waals surface area contributed by atoms with Crippen molar-refractivity contribution in [3.63, 3.8) is 0 Å². The van der Waals surface area contributed by atoms with E-state index in [1.54, 1.807) is 13.0 Å². The van der Waals surface area contributed by atoms with Gasteiger partial charge in [0.05, 0.1) is 18.1 Å². The molecule has 1 unspecified atom stereocenters. The minimum Gasteiger partial charge on any atom is -0.459 e. The zero-order chi connectivity index (χ0) is 14.3. The number of rotatable bonds is 4. The van der Waals surface area contributed by atoms with Crippen LogP contribution in [0.4, 0.5) is 0 Å². The topological polar surface area (TPSA) is 66.8 Å². The van der Waals surface area contributed by atoms with E-state index in [0.717, 1.165) is 19.3 Å². The van der Waals surface area contributed by atoms with Gasteiger partial charge in [-0.15, -0.1) is 0 Å². The van der Waals surface area contributed by atoms with Crippen LogP contribution < -0.4 is 0 Å². The molecule has 4 nitrogen and oxygen atoms in total. The maximum atomic E-state index is 11.9. The number of aliphatic hydroxyl groups is 2. The van der Waals surface area contributed by atoms with Gasteiger partial charge in [-0.05, 0) is 32.6 Å². The van der Waals surface area contributed by atoms with Crippen molar-refractivity contribution >= 4 is 5.97 Å². The van der Waals surface area contributed by atoms with Gasteiger partial charge < -0.3 is 14.9 Å². The van der Waals surface area contributed by atoms with Crippen LogP contribution in [0.2, 0.25) is 0 Å². The van der Waals surface area contributed by atoms with Crippen molar-refractivity contribution < 1.29 is 19.7 Å². The second kappa shape index (κ2) is 8.33. The lowest BCUT2D eigenvalue weighted by atomic mass is 9.98. The molecule has 0 aromatic carbocycles. The van der Waals surface area contributed by atoms with Gasteiger partial charge in [0.1, 0.15) is 6.10 Å². The van der Waals surface area contributed by atoms with Gasteiger partial charge in [0.15, 0.2) is 0 Å². The summed E-state index contributed by atoms with van der Waals surface area (Å²) in [5.74, 6) is -1.02. The van der Waals surface area contributed by atoms with Gasteiger partial charge in [-0.2, -0.15) is 0 Å². The van der Waals surface area contributed by atoms with Gasteiger partial charge in [0, 0.05) is 0 Å². The Morgan fingerprint density at radius 1 is 1.37 bits per heavy atom. The molecule has 0 aromatic rings. The Morgan fingerprint density at radius 3 is 2.79 bits per heavy atom. The Kier molecular flexibility index (Phi) is 7.10. The number of unbranched alkanes of at least 4 members (excludes halogenated alkanes) is 2. The van der Waals surface area contributed by atoms with Crippen molar-refractivity contribution in [3.8, 4) is 0 Å². The second-order valence-corrected chi connectivity index (χ2v) is 5.32. The van der Waals surface area contributed by atoms with Crippen LogP contribution in [0.3, 0.4) is 0 Å². The van der Waals surface area contributed by atoms with E-state index in [1.807, 2.05) is 6.08 Å². The molecule has 4 atom stereocenters. The zero-order valence-corrected chi connectivity index (χ0v) is 11.9. The van der Waals surface area contributed by atoms with Crippen LogP contribution in [0.25, 0.3) is 0 Å². The second-order valence-electron chi connectivity index (χ2n) is 5.32. The van der Waals surface area contributed by atoms with E-state index in [1.165, 1.54) is 0 Å². The highest BCUT2D eigenvalue weighted by molar-refractivity contribution is 5.73. The molecule has 1 heterocycles. The lowest BCUT2D eigenvalue weighted by Gasteiger charge is -2.26. The summed E-state index contributed by atoms with van der Waals surface area (Å²) in [7, 11) is 0. The molecule has 110 valence electrons. The first-order valence-electron chi connectivity index (χ1n) is 7.29. The molecule has 4 heteroatoms. The lowest BCUT2D eigenvalue weighted by Crippen LogP contribution is -2.36. The van der Waals surface area contributed by atoms with E-state index in [0.29, 0.717) is 19.3 Å². The Bertz CT molecular complexity index is 301. The van der Waals surface area contributed by atoms with E-state index >= 15 is 0 Å². The fraction of sp³-hybridized carbons (Fsp3) is 0.800. The Labute approximate surface area is 115 Å². The zero-order valence-electron chi connectivity index (χ0n) is 11.9. The van der Waals surface area contributed by atoms with E-state index in [4.69, 9.17) is 4.74 Å². The molecular weight excluding hydrogens is 244 g/mol. The maximum Gasteiger partial charge on any atom is 0.311 e. The first-order chi connectivity index (χ1) is 9.06. The standard InChI is InChI=1S/C15H26O4/c1-3-4-5-10-14-13(17)9-7-6-8-12(16)11(2)15(18)19-14/h6,8,11-14,16-17H,3-5,7,9-10H2,1-2H3/b8-6-/t11-,12?,13-,14+/m0/s1. The summed E-state index contributed by atoms with van der Waals surface area (Å²) in [6.45, 7) is 3.76. The highest BCUT2D eigenvalue weighted by Crippen LogP contribution is 2.19. The number of allylic oxidation sites excluding steroid dienone is 1. The first-order valence-corrected chi connectivity index (χ1v) is 7.29. The summed E-state index contributed by atoms with van der Waals surface area (Å²) in [6, 6.07) is 0. The molecule has 1 aliphatic rings. The fourth-order valence-electron chi connectivity index (χ4n) is 2.18. The Hall–Kier alpha value is -0.870. The number of hydrogen-bond acceptors (Lipinski definition) is 4. The SMILES string of the molecule is CCCCC[C@H]1OC(=O)[C@@H](C)C(O)/C=C\CC[C@@H]1O. The van der Waals surface area contributed by atoms with E-state index < -0.39 is 30.2 Å². The van der Waals surface area contributed by atoms with E-state index in [-0.39, 0.29) is 0 Å². The molecule has 0 fully saturated rings. The van der Waals surface area contributed by atoms with Gasteiger partial charge >= 0.3 is 5.97 Å². The van der Waals surface area contributed by atoms with Crippen LogP contribution in [0.5, 0.6) is 0 Å². The molecule has 0 radical (unpaired) electrons. The average molecular weight is 270 g/mol. The summed E-state index contributed by atoms with van der Waals surface area (Å²) < 4.78 is 5.39. The molecule has 0 saturated carbocycles. The van der Waals surface area contributed by atoms with Crippen LogP contribution in [0.1, 0.15) is 52.4 Å². The monoisotopic (exact) mass is 270 g/mol. The molecule has 1 rings (SSSR count). The number of hydrogen-bond donors (Lipinski definition) is 2. The molecule has 19 heavy (non-hydrogen) atoms. The Morgan fingerprint density at radius 2 is 2.11 bits per heavy atom. The lowest BCUT2D eigenvalue weighted by molar-refractivity contribution is -0.163. The first kappa shape index (κ1) is 16.2. The third kappa shape index (κ3) is 5.33. The van der Waals surface area contributed by atoms with Crippen LogP contribution in [-0.2, 0) is 9.53 Å². The summed E-state index contributed by atoms with van der Waals surface area (Å²) in [6.07, 6.45) is 6.60. The molecule has 0 spiro atoms. The van der Waals surface area contributed by atoms with Crippen LogP contribution in [0, 0.1) is 5.92 Å². The van der Waals surface area contributed by atoms with Crippen molar-refractivity contribution in [1.82, 2.24) is 0 Å². The quantitative estimate of drug-likeness (QED) is 0.467. The molecule has 0 bridgehead atoms. The van der Waals surface area contributed by atoms with Gasteiger partial charge in [-0.25, -0.2) is 0 Å². The highest BCUT2D eigenvalue weighted by atomic mass is 16.6. The fourth-order valence-corrected chi connectivity index (χ4v) is 2.18. The van der Waals surface area contributed by atoms with Crippen molar-refractivity contribution in [2.24, 2.45) is 5.92 Å². The summed E-state index contributed by atoms with van der Waals surface area (Å²) in [5, 5.41) is 19.9. The molecule has 0 aliphatic carbocycles.